The number of carbonyl (C=O) groups excluding carboxylic acids is 6. The number of benzene rings is 1. The summed E-state index contributed by atoms with van der Waals surface area (Å²) >= 11 is 0.561. The number of hydrogen-bond donors (Lipinski definition) is 7. The molecule has 0 aromatic heterocycles. The minimum Gasteiger partial charge on any atom is -0.507 e. The van der Waals surface area contributed by atoms with E-state index in [1.165, 1.54) is 51.1 Å². The number of nitrogens with one attached hydrogen (secondary N) is 2. The number of rotatable bonds is 5. The highest BCUT2D eigenvalue weighted by Gasteiger charge is 2.39. The van der Waals surface area contributed by atoms with Gasteiger partial charge in [-0.05, 0) is 56.9 Å². The molecule has 15 heteroatoms. The van der Waals surface area contributed by atoms with Crippen LogP contribution in [0.3, 0.4) is 0 Å². The zero-order valence-electron chi connectivity index (χ0n) is 34.9. The Kier molecular flexibility index (Phi) is 17.7. The zero-order chi connectivity index (χ0) is 45.2. The molecule has 322 valence electrons. The molecule has 2 amide bonds. The van der Waals surface area contributed by atoms with Gasteiger partial charge < -0.3 is 36.2 Å². The number of aromatic hydroxyl groups is 1. The number of carboxylic acids is 1. The maximum absolute atomic E-state index is 14.5. The number of fused-ring (bicyclic) bond motifs is 18. The summed E-state index contributed by atoms with van der Waals surface area (Å²) in [6, 6.07) is -0.311. The first-order valence-electron chi connectivity index (χ1n) is 19.4. The molecule has 0 radical (unpaired) electrons. The standard InChI is InChI=1S/C45H54N2O12S/c1-22-12-10-9-11-13-25(4)44(57)47-37-41(55)31-19-28(7)40(54)36(35(31)42(56)43(37)60-21-32(45(58)59)46-29(8)48)39(53)27(6)18-26(5)38(52)24(3)15-17-30(49)16-14-23(2)34(51)20-33(22)50/h9-15,17-19,22,24,26,30,32-33,38,49-50,52,54H,16,20-21H2,1-8H3,(H,46,48)(H,47,57)(H,58,59)/b11-9-,12-10+,17-15+,23-14+,25-13-,27-18+/t22-,24-,26-,30-,32?,33-,38-/m0/s1. The van der Waals surface area contributed by atoms with E-state index in [-0.39, 0.29) is 40.9 Å². The van der Waals surface area contributed by atoms with Crippen LogP contribution in [0.2, 0.25) is 0 Å². The van der Waals surface area contributed by atoms with Crippen molar-refractivity contribution in [3.63, 3.8) is 0 Å². The van der Waals surface area contributed by atoms with Gasteiger partial charge in [-0.1, -0.05) is 75.5 Å². The molecule has 7 atom stereocenters. The number of aliphatic hydroxyl groups excluding tert-OH is 3. The van der Waals surface area contributed by atoms with Crippen molar-refractivity contribution < 1.29 is 59.1 Å². The van der Waals surface area contributed by atoms with Gasteiger partial charge in [0, 0.05) is 53.6 Å². The monoisotopic (exact) mass is 846 g/mol. The fraction of sp³-hybridized carbons (Fsp3) is 0.400. The summed E-state index contributed by atoms with van der Waals surface area (Å²) in [5.41, 5.74) is -1.25. The number of Topliss-reactive ketones (excluding diaryl/α,β-unsaturated/α-hetero) is 4. The van der Waals surface area contributed by atoms with E-state index >= 15 is 0 Å². The van der Waals surface area contributed by atoms with Gasteiger partial charge in [-0.2, -0.15) is 0 Å². The first-order chi connectivity index (χ1) is 28.1. The van der Waals surface area contributed by atoms with E-state index in [2.05, 4.69) is 10.6 Å². The molecule has 7 N–H and O–H groups in total. The Balaban J connectivity index is 2.22. The van der Waals surface area contributed by atoms with Gasteiger partial charge in [-0.3, -0.25) is 28.8 Å². The topological polar surface area (TPSA) is 245 Å². The Morgan fingerprint density at radius 3 is 2.13 bits per heavy atom. The Morgan fingerprint density at radius 2 is 1.50 bits per heavy atom. The summed E-state index contributed by atoms with van der Waals surface area (Å²) in [7, 11) is 0. The molecule has 0 saturated heterocycles. The number of thioether (sulfide) groups is 1. The van der Waals surface area contributed by atoms with E-state index in [1.807, 2.05) is 0 Å². The second-order valence-electron chi connectivity index (χ2n) is 15.2. The van der Waals surface area contributed by atoms with Gasteiger partial charge in [0.25, 0.3) is 5.91 Å². The van der Waals surface area contributed by atoms with E-state index in [9.17, 15) is 59.1 Å². The number of carboxylic acid groups (broad SMARTS) is 1. The van der Waals surface area contributed by atoms with Gasteiger partial charge in [-0.15, -0.1) is 11.8 Å². The molecule has 0 fully saturated rings. The average molecular weight is 847 g/mol. The van der Waals surface area contributed by atoms with Gasteiger partial charge in [0.1, 0.15) is 17.5 Å². The summed E-state index contributed by atoms with van der Waals surface area (Å²) < 4.78 is 0. The molecule has 1 aliphatic carbocycles. The number of aliphatic carboxylic acids is 1. The van der Waals surface area contributed by atoms with Gasteiger partial charge in [-0.25, -0.2) is 4.79 Å². The highest BCUT2D eigenvalue weighted by Crippen LogP contribution is 2.40. The van der Waals surface area contributed by atoms with Crippen LogP contribution in [0.25, 0.3) is 0 Å². The smallest absolute Gasteiger partial charge is 0.327 e. The molecule has 2 heterocycles. The Labute approximate surface area is 353 Å². The van der Waals surface area contributed by atoms with Crippen LogP contribution in [0.15, 0.2) is 88.1 Å². The third kappa shape index (κ3) is 12.5. The molecule has 4 bridgehead atoms. The lowest BCUT2D eigenvalue weighted by molar-refractivity contribution is -0.140. The number of aliphatic hydroxyl groups is 3. The Hall–Kier alpha value is -5.48. The lowest BCUT2D eigenvalue weighted by Crippen LogP contribution is -2.42. The van der Waals surface area contributed by atoms with Crippen molar-refractivity contribution in [3.05, 3.63) is 110 Å². The predicted octanol–water partition coefficient (Wildman–Crippen LogP) is 4.77. The highest BCUT2D eigenvalue weighted by atomic mass is 32.2. The average Bonchev–Trinajstić information content (AvgIpc) is 3.19. The van der Waals surface area contributed by atoms with Crippen LogP contribution in [-0.2, 0) is 19.2 Å². The van der Waals surface area contributed by atoms with Crippen LogP contribution in [0.4, 0.5) is 0 Å². The van der Waals surface area contributed by atoms with E-state index in [1.54, 1.807) is 58.1 Å². The second kappa shape index (κ2) is 21.7. The minimum atomic E-state index is -1.52. The fourth-order valence-electron chi connectivity index (χ4n) is 6.35. The molecule has 4 rings (SSSR count). The summed E-state index contributed by atoms with van der Waals surface area (Å²) in [5, 5.41) is 58.2. The van der Waals surface area contributed by atoms with Crippen LogP contribution in [-0.4, -0.2) is 96.6 Å². The van der Waals surface area contributed by atoms with Crippen LogP contribution >= 0.6 is 11.8 Å². The molecule has 2 aliphatic heterocycles. The summed E-state index contributed by atoms with van der Waals surface area (Å²) in [6.07, 6.45) is 10.7. The maximum Gasteiger partial charge on any atom is 0.327 e. The van der Waals surface area contributed by atoms with Gasteiger partial charge in [0.15, 0.2) is 11.6 Å². The maximum atomic E-state index is 14.5. The van der Waals surface area contributed by atoms with Gasteiger partial charge >= 0.3 is 5.97 Å². The number of aryl methyl sites for hydroxylation is 1. The molecule has 3 aliphatic rings. The Morgan fingerprint density at radius 1 is 0.833 bits per heavy atom. The fourth-order valence-corrected chi connectivity index (χ4v) is 7.43. The molecule has 0 saturated carbocycles. The summed E-state index contributed by atoms with van der Waals surface area (Å²) in [6.45, 7) is 12.0. The second-order valence-corrected chi connectivity index (χ2v) is 16.2. The summed E-state index contributed by atoms with van der Waals surface area (Å²) in [4.78, 5) is 92.7. The number of carbonyl (C=O) groups is 7. The number of phenols is 1. The van der Waals surface area contributed by atoms with Gasteiger partial charge in [0.2, 0.25) is 17.5 Å². The van der Waals surface area contributed by atoms with Crippen LogP contribution in [0.1, 0.15) is 97.9 Å². The minimum absolute atomic E-state index is 0.00686. The molecular weight excluding hydrogens is 793 g/mol. The lowest BCUT2D eigenvalue weighted by Gasteiger charge is -2.25. The highest BCUT2D eigenvalue weighted by molar-refractivity contribution is 8.04. The number of ketones is 4. The molecule has 0 spiro atoms. The summed E-state index contributed by atoms with van der Waals surface area (Å²) in [5.74, 6) is -8.66. The number of allylic oxidation sites excluding steroid dienone is 8. The number of hydrogen-bond acceptors (Lipinski definition) is 12. The zero-order valence-corrected chi connectivity index (χ0v) is 35.8. The first-order valence-corrected chi connectivity index (χ1v) is 20.4. The van der Waals surface area contributed by atoms with Crippen LogP contribution in [0, 0.1) is 24.7 Å². The molecule has 1 aromatic carbocycles. The third-order valence-electron chi connectivity index (χ3n) is 10.2. The van der Waals surface area contributed by atoms with Gasteiger partial charge in [0.05, 0.1) is 28.8 Å². The van der Waals surface area contributed by atoms with Crippen molar-refractivity contribution in [1.82, 2.24) is 10.6 Å². The van der Waals surface area contributed by atoms with Crippen molar-refractivity contribution in [2.75, 3.05) is 5.75 Å². The normalized spacial score (nSPS) is 29.0. The number of phenolic OH excluding ortho intramolecular Hbond substituents is 1. The SMILES string of the molecule is CC(=O)NC(CSC1=C2NC(=O)\C(C)=C/C=C\C=C\[C@H](C)[C@@H](O)CC(=O)/C(C)=C/C[C@H](O)/C=C/[C@H](C)[C@H](O)[C@@H](C)/C=C(\C)C(=O)c3c(O)c(C)cc(c3C1=O)C2=O)C(=O)O. The first kappa shape index (κ1) is 48.9. The number of amides is 2. The van der Waals surface area contributed by atoms with Crippen molar-refractivity contribution in [2.24, 2.45) is 17.8 Å². The van der Waals surface area contributed by atoms with Crippen molar-refractivity contribution in [1.29, 1.82) is 0 Å². The van der Waals surface area contributed by atoms with E-state index < -0.39 is 110 Å². The molecule has 60 heavy (non-hydrogen) atoms. The van der Waals surface area contributed by atoms with Crippen molar-refractivity contribution >= 4 is 52.7 Å². The van der Waals surface area contributed by atoms with Crippen molar-refractivity contribution in [2.45, 2.75) is 92.6 Å². The van der Waals surface area contributed by atoms with Crippen LogP contribution < -0.4 is 10.6 Å². The van der Waals surface area contributed by atoms with E-state index in [4.69, 9.17) is 0 Å². The molecular formula is C45H54N2O12S. The van der Waals surface area contributed by atoms with Crippen molar-refractivity contribution in [3.8, 4) is 5.75 Å². The Bertz CT molecular complexity index is 2140. The van der Waals surface area contributed by atoms with Crippen LogP contribution in [0.5, 0.6) is 5.75 Å². The quantitative estimate of drug-likeness (QED) is 0.198. The molecule has 14 nitrogen and oxygen atoms in total. The van der Waals surface area contributed by atoms with E-state index in [0.717, 1.165) is 6.92 Å². The lowest BCUT2D eigenvalue weighted by atomic mass is 9.83. The largest absolute Gasteiger partial charge is 0.507 e. The van der Waals surface area contributed by atoms with E-state index in [0.29, 0.717) is 17.3 Å². The molecule has 1 aromatic rings. The predicted molar refractivity (Wildman–Crippen MR) is 227 cm³/mol. The third-order valence-corrected chi connectivity index (χ3v) is 11.4. The molecule has 1 unspecified atom stereocenters.